The summed E-state index contributed by atoms with van der Waals surface area (Å²) in [6.07, 6.45) is 3.85. The molecule has 0 bridgehead atoms. The van der Waals surface area contributed by atoms with Crippen LogP contribution in [0.25, 0.3) is 0 Å². The second kappa shape index (κ2) is 8.42. The van der Waals surface area contributed by atoms with Crippen LogP contribution in [0.2, 0.25) is 0 Å². The highest BCUT2D eigenvalue weighted by Crippen LogP contribution is 2.21. The Kier molecular flexibility index (Phi) is 6.27. The maximum Gasteiger partial charge on any atom is 0.223 e. The van der Waals surface area contributed by atoms with Crippen LogP contribution >= 0.6 is 0 Å². The minimum absolute atomic E-state index is 0.0528. The SMILES string of the molecule is CCN(C(=O)CCCc1ccccn1)[C@H](C)c1ccc(F)cc1. The predicted octanol–water partition coefficient (Wildman–Crippen LogP) is 4.15. The van der Waals surface area contributed by atoms with Gasteiger partial charge in [-0.15, -0.1) is 0 Å². The molecule has 0 N–H and O–H groups in total. The molecule has 0 radical (unpaired) electrons. The summed E-state index contributed by atoms with van der Waals surface area (Å²) >= 11 is 0. The van der Waals surface area contributed by atoms with Gasteiger partial charge in [-0.05, 0) is 56.5 Å². The summed E-state index contributed by atoms with van der Waals surface area (Å²) in [6.45, 7) is 4.59. The minimum Gasteiger partial charge on any atom is -0.336 e. The zero-order valence-electron chi connectivity index (χ0n) is 13.7. The van der Waals surface area contributed by atoms with Crippen LogP contribution in [0.1, 0.15) is 44.0 Å². The molecule has 1 aromatic heterocycles. The fourth-order valence-electron chi connectivity index (χ4n) is 2.70. The van der Waals surface area contributed by atoms with Crippen molar-refractivity contribution in [2.75, 3.05) is 6.54 Å². The van der Waals surface area contributed by atoms with E-state index in [0.717, 1.165) is 24.1 Å². The molecule has 2 rings (SSSR count). The number of carbonyl (C=O) groups excluding carboxylic acids is 1. The van der Waals surface area contributed by atoms with Crippen LogP contribution in [-0.4, -0.2) is 22.3 Å². The van der Waals surface area contributed by atoms with E-state index in [9.17, 15) is 9.18 Å². The number of aromatic nitrogens is 1. The highest BCUT2D eigenvalue weighted by atomic mass is 19.1. The third-order valence-electron chi connectivity index (χ3n) is 4.03. The molecule has 1 amide bonds. The molecule has 0 fully saturated rings. The van der Waals surface area contributed by atoms with E-state index < -0.39 is 0 Å². The van der Waals surface area contributed by atoms with Crippen molar-refractivity contribution in [2.45, 2.75) is 39.2 Å². The normalized spacial score (nSPS) is 12.0. The number of aryl methyl sites for hydroxylation is 1. The Morgan fingerprint density at radius 3 is 2.57 bits per heavy atom. The fraction of sp³-hybridized carbons (Fsp3) is 0.368. The molecular formula is C19H23FN2O. The van der Waals surface area contributed by atoms with Gasteiger partial charge in [0.25, 0.3) is 0 Å². The lowest BCUT2D eigenvalue weighted by molar-refractivity contribution is -0.133. The Morgan fingerprint density at radius 1 is 1.22 bits per heavy atom. The Morgan fingerprint density at radius 2 is 1.96 bits per heavy atom. The highest BCUT2D eigenvalue weighted by molar-refractivity contribution is 5.76. The van der Waals surface area contributed by atoms with Gasteiger partial charge in [0.1, 0.15) is 5.82 Å². The molecular weight excluding hydrogens is 291 g/mol. The minimum atomic E-state index is -0.259. The van der Waals surface area contributed by atoms with E-state index in [1.165, 1.54) is 12.1 Å². The summed E-state index contributed by atoms with van der Waals surface area (Å²) in [7, 11) is 0. The van der Waals surface area contributed by atoms with Crippen LogP contribution < -0.4 is 0 Å². The van der Waals surface area contributed by atoms with E-state index in [0.29, 0.717) is 13.0 Å². The number of halogens is 1. The first-order chi connectivity index (χ1) is 11.1. The lowest BCUT2D eigenvalue weighted by Gasteiger charge is -2.28. The topological polar surface area (TPSA) is 33.2 Å². The zero-order valence-corrected chi connectivity index (χ0v) is 13.7. The van der Waals surface area contributed by atoms with Crippen molar-refractivity contribution in [3.05, 3.63) is 65.7 Å². The molecule has 2 aromatic rings. The monoisotopic (exact) mass is 314 g/mol. The molecule has 23 heavy (non-hydrogen) atoms. The van der Waals surface area contributed by atoms with Gasteiger partial charge in [-0.1, -0.05) is 18.2 Å². The molecule has 1 atom stereocenters. The van der Waals surface area contributed by atoms with Gasteiger partial charge >= 0.3 is 0 Å². The predicted molar refractivity (Wildman–Crippen MR) is 89.4 cm³/mol. The van der Waals surface area contributed by atoms with Gasteiger partial charge in [-0.3, -0.25) is 9.78 Å². The Labute approximate surface area is 137 Å². The maximum absolute atomic E-state index is 13.0. The number of hydrogen-bond donors (Lipinski definition) is 0. The first-order valence-corrected chi connectivity index (χ1v) is 8.06. The Bertz CT molecular complexity index is 613. The standard InChI is InChI=1S/C19H23FN2O/c1-3-22(15(2)16-10-12-17(20)13-11-16)19(23)9-6-8-18-7-4-5-14-21-18/h4-5,7,10-15H,3,6,8-9H2,1-2H3/t15-/m1/s1. The third kappa shape index (κ3) is 4.88. The van der Waals surface area contributed by atoms with Crippen molar-refractivity contribution >= 4 is 5.91 Å². The van der Waals surface area contributed by atoms with E-state index in [-0.39, 0.29) is 17.8 Å². The van der Waals surface area contributed by atoms with Gasteiger partial charge < -0.3 is 4.90 Å². The number of rotatable bonds is 7. The van der Waals surface area contributed by atoms with Crippen LogP contribution in [0, 0.1) is 5.82 Å². The molecule has 4 heteroatoms. The number of amides is 1. The lowest BCUT2D eigenvalue weighted by Crippen LogP contribution is -2.33. The number of pyridine rings is 1. The lowest BCUT2D eigenvalue weighted by atomic mass is 10.1. The molecule has 1 heterocycles. The van der Waals surface area contributed by atoms with Crippen LogP contribution in [0.3, 0.4) is 0 Å². The molecule has 0 aliphatic rings. The van der Waals surface area contributed by atoms with Crippen LogP contribution in [0.4, 0.5) is 4.39 Å². The number of hydrogen-bond acceptors (Lipinski definition) is 2. The molecule has 0 aliphatic heterocycles. The number of benzene rings is 1. The third-order valence-corrected chi connectivity index (χ3v) is 4.03. The van der Waals surface area contributed by atoms with Crippen molar-refractivity contribution < 1.29 is 9.18 Å². The molecule has 0 spiro atoms. The fourth-order valence-corrected chi connectivity index (χ4v) is 2.70. The largest absolute Gasteiger partial charge is 0.336 e. The van der Waals surface area contributed by atoms with Crippen molar-refractivity contribution in [1.82, 2.24) is 9.88 Å². The van der Waals surface area contributed by atoms with Gasteiger partial charge in [0, 0.05) is 24.9 Å². The number of carbonyl (C=O) groups is 1. The quantitative estimate of drug-likeness (QED) is 0.769. The summed E-state index contributed by atoms with van der Waals surface area (Å²) in [4.78, 5) is 18.6. The average molecular weight is 314 g/mol. The van der Waals surface area contributed by atoms with Crippen molar-refractivity contribution in [1.29, 1.82) is 0 Å². The molecule has 3 nitrogen and oxygen atoms in total. The van der Waals surface area contributed by atoms with Gasteiger partial charge in [0.05, 0.1) is 6.04 Å². The molecule has 0 aliphatic carbocycles. The van der Waals surface area contributed by atoms with Gasteiger partial charge in [0.2, 0.25) is 5.91 Å². The van der Waals surface area contributed by atoms with Crippen LogP contribution in [0.5, 0.6) is 0 Å². The van der Waals surface area contributed by atoms with E-state index in [1.807, 2.05) is 36.9 Å². The molecule has 122 valence electrons. The summed E-state index contributed by atoms with van der Waals surface area (Å²) in [6, 6.07) is 12.1. The van der Waals surface area contributed by atoms with E-state index >= 15 is 0 Å². The summed E-state index contributed by atoms with van der Waals surface area (Å²) in [5.41, 5.74) is 1.96. The second-order valence-electron chi connectivity index (χ2n) is 5.58. The Balaban J connectivity index is 1.91. The molecule has 1 aromatic carbocycles. The van der Waals surface area contributed by atoms with Crippen LogP contribution in [0.15, 0.2) is 48.7 Å². The molecule has 0 unspecified atom stereocenters. The summed E-state index contributed by atoms with van der Waals surface area (Å²) in [5, 5.41) is 0. The molecule has 0 saturated heterocycles. The van der Waals surface area contributed by atoms with Gasteiger partial charge in [0.15, 0.2) is 0 Å². The van der Waals surface area contributed by atoms with E-state index in [4.69, 9.17) is 0 Å². The maximum atomic E-state index is 13.0. The number of nitrogens with zero attached hydrogens (tertiary/aromatic N) is 2. The van der Waals surface area contributed by atoms with Crippen molar-refractivity contribution in [3.8, 4) is 0 Å². The smallest absolute Gasteiger partial charge is 0.223 e. The second-order valence-corrected chi connectivity index (χ2v) is 5.58. The van der Waals surface area contributed by atoms with Crippen LogP contribution in [-0.2, 0) is 11.2 Å². The summed E-state index contributed by atoms with van der Waals surface area (Å²) in [5.74, 6) is -0.133. The highest BCUT2D eigenvalue weighted by Gasteiger charge is 2.19. The Hall–Kier alpha value is -2.23. The average Bonchev–Trinajstić information content (AvgIpc) is 2.57. The first-order valence-electron chi connectivity index (χ1n) is 8.06. The van der Waals surface area contributed by atoms with Crippen molar-refractivity contribution in [3.63, 3.8) is 0 Å². The summed E-state index contributed by atoms with van der Waals surface area (Å²) < 4.78 is 13.0. The van der Waals surface area contributed by atoms with E-state index in [2.05, 4.69) is 4.98 Å². The van der Waals surface area contributed by atoms with E-state index in [1.54, 1.807) is 18.3 Å². The molecule has 0 saturated carbocycles. The van der Waals surface area contributed by atoms with Crippen molar-refractivity contribution in [2.24, 2.45) is 0 Å². The first kappa shape index (κ1) is 17.1. The van der Waals surface area contributed by atoms with Gasteiger partial charge in [-0.25, -0.2) is 4.39 Å². The zero-order chi connectivity index (χ0) is 16.7. The van der Waals surface area contributed by atoms with Gasteiger partial charge in [-0.2, -0.15) is 0 Å².